The summed E-state index contributed by atoms with van der Waals surface area (Å²) in [5, 5.41) is 13.7. The van der Waals surface area contributed by atoms with Gasteiger partial charge in [-0.1, -0.05) is 34.1 Å². The molecule has 1 aliphatic heterocycles. The monoisotopic (exact) mass is 418 g/mol. The van der Waals surface area contributed by atoms with Crippen molar-refractivity contribution in [3.8, 4) is 0 Å². The Bertz CT molecular complexity index is 773. The summed E-state index contributed by atoms with van der Waals surface area (Å²) in [6.45, 7) is 8.63. The van der Waals surface area contributed by atoms with Crippen molar-refractivity contribution in [1.82, 2.24) is 10.2 Å². The van der Waals surface area contributed by atoms with E-state index in [9.17, 15) is 14.7 Å². The van der Waals surface area contributed by atoms with Crippen molar-refractivity contribution in [1.29, 1.82) is 0 Å². The largest absolute Gasteiger partial charge is 0.400 e. The van der Waals surface area contributed by atoms with Crippen molar-refractivity contribution in [2.75, 3.05) is 6.54 Å². The molecule has 3 fully saturated rings. The minimum Gasteiger partial charge on any atom is -0.400 e. The smallest absolute Gasteiger partial charge is 0.243 e. The fourth-order valence-corrected chi connectivity index (χ4v) is 5.87. The van der Waals surface area contributed by atoms with Gasteiger partial charge in [0.2, 0.25) is 11.8 Å². The average molecular weight is 419 g/mol. The van der Waals surface area contributed by atoms with E-state index < -0.39 is 24.2 Å². The number of allylic oxidation sites excluding steroid dienone is 1. The number of nitrogens with one attached hydrogen (secondary N) is 1. The Kier molecular flexibility index (Phi) is 5.21. The maximum absolute atomic E-state index is 13.4. The van der Waals surface area contributed by atoms with Crippen LogP contribution in [0, 0.1) is 22.7 Å². The molecule has 7 atom stereocenters. The topological polar surface area (TPSA) is 122 Å². The van der Waals surface area contributed by atoms with E-state index in [1.54, 1.807) is 4.90 Å². The molecule has 3 aliphatic carbocycles. The van der Waals surface area contributed by atoms with E-state index in [2.05, 4.69) is 12.2 Å². The first kappa shape index (κ1) is 21.6. The molecule has 30 heavy (non-hydrogen) atoms. The number of hydrogen-bond acceptors (Lipinski definition) is 5. The molecule has 168 valence electrons. The molecule has 1 saturated heterocycles. The Morgan fingerprint density at radius 1 is 1.33 bits per heavy atom. The molecule has 7 nitrogen and oxygen atoms in total. The minimum absolute atomic E-state index is 0.0509. The highest BCUT2D eigenvalue weighted by Crippen LogP contribution is 2.61. The highest BCUT2D eigenvalue weighted by Gasteiger charge is 2.62. The van der Waals surface area contributed by atoms with Gasteiger partial charge >= 0.3 is 0 Å². The molecular weight excluding hydrogens is 380 g/mol. The van der Waals surface area contributed by atoms with Gasteiger partial charge in [0.1, 0.15) is 12.1 Å². The van der Waals surface area contributed by atoms with Crippen LogP contribution < -0.4 is 16.8 Å². The molecule has 6 N–H and O–H groups in total. The number of nitrogens with zero attached hydrogens (tertiary/aromatic N) is 1. The number of aliphatic hydroxyl groups excluding tert-OH is 1. The lowest BCUT2D eigenvalue weighted by molar-refractivity contribution is -0.141. The Balaban J connectivity index is 1.51. The van der Waals surface area contributed by atoms with Crippen molar-refractivity contribution in [2.24, 2.45) is 34.1 Å². The number of nitrogens with two attached hydrogens (primary N) is 2. The van der Waals surface area contributed by atoms with Crippen LogP contribution in [0.5, 0.6) is 0 Å². The number of fused-ring (bicyclic) bond motifs is 1. The molecule has 0 aromatic carbocycles. The van der Waals surface area contributed by atoms with Crippen LogP contribution >= 0.6 is 0 Å². The lowest BCUT2D eigenvalue weighted by Crippen LogP contribution is -2.58. The summed E-state index contributed by atoms with van der Waals surface area (Å²) in [4.78, 5) is 28.4. The SMILES string of the molecule is CCC1C[C@@]12C[C@@H](C(=O)NC1CC3CCC3=C(N)C1O)N(C(=O)[C@@H](N)C(C)(C)C)C2. The molecule has 4 rings (SSSR count). The van der Waals surface area contributed by atoms with E-state index in [1.165, 1.54) is 0 Å². The number of likely N-dealkylation sites (tertiary alicyclic amines) is 1. The van der Waals surface area contributed by atoms with Gasteiger partial charge in [0.15, 0.2) is 0 Å². The Hall–Kier alpha value is -1.60. The van der Waals surface area contributed by atoms with E-state index in [0.717, 1.165) is 31.3 Å². The lowest BCUT2D eigenvalue weighted by atomic mass is 9.69. The second-order valence-electron chi connectivity index (χ2n) is 11.2. The molecule has 1 heterocycles. The molecule has 0 aromatic heterocycles. The van der Waals surface area contributed by atoms with E-state index in [-0.39, 0.29) is 22.6 Å². The van der Waals surface area contributed by atoms with Crippen LogP contribution in [0.4, 0.5) is 0 Å². The summed E-state index contributed by atoms with van der Waals surface area (Å²) in [6.07, 6.45) is 4.69. The molecule has 0 radical (unpaired) electrons. The zero-order chi connectivity index (χ0) is 22.0. The van der Waals surface area contributed by atoms with E-state index in [0.29, 0.717) is 36.9 Å². The van der Waals surface area contributed by atoms with Crippen LogP contribution in [0.2, 0.25) is 0 Å². The summed E-state index contributed by atoms with van der Waals surface area (Å²) < 4.78 is 0. The van der Waals surface area contributed by atoms with Crippen molar-refractivity contribution >= 4 is 11.8 Å². The fourth-order valence-electron chi connectivity index (χ4n) is 5.87. The van der Waals surface area contributed by atoms with Crippen molar-refractivity contribution in [3.05, 3.63) is 11.3 Å². The van der Waals surface area contributed by atoms with Crippen molar-refractivity contribution < 1.29 is 14.7 Å². The second-order valence-corrected chi connectivity index (χ2v) is 11.2. The van der Waals surface area contributed by atoms with Crippen LogP contribution in [0.25, 0.3) is 0 Å². The second kappa shape index (κ2) is 7.23. The first-order valence-electron chi connectivity index (χ1n) is 11.5. The predicted octanol–water partition coefficient (Wildman–Crippen LogP) is 1.25. The van der Waals surface area contributed by atoms with Crippen LogP contribution in [-0.4, -0.2) is 52.6 Å². The highest BCUT2D eigenvalue weighted by molar-refractivity contribution is 5.91. The molecule has 0 aromatic rings. The standard InChI is InChI=1S/C23H38N4O3/c1-5-13-9-23(13)10-16(27(11-23)21(30)19(25)22(2,3)4)20(29)26-15-8-12-6-7-14(12)17(24)18(15)28/h12-13,15-16,18-19,28H,5-11,24-25H2,1-4H3,(H,26,29)/t12?,13?,15?,16-,18?,19+,23-/m0/s1. The van der Waals surface area contributed by atoms with Crippen molar-refractivity contribution in [3.63, 3.8) is 0 Å². The number of carbonyl (C=O) groups is 2. The van der Waals surface area contributed by atoms with Gasteiger partial charge in [-0.2, -0.15) is 0 Å². The summed E-state index contributed by atoms with van der Waals surface area (Å²) in [6, 6.07) is -1.57. The first-order valence-corrected chi connectivity index (χ1v) is 11.5. The van der Waals surface area contributed by atoms with Gasteiger partial charge < -0.3 is 26.8 Å². The molecule has 1 spiro atoms. The quantitative estimate of drug-likeness (QED) is 0.547. The molecule has 0 bridgehead atoms. The summed E-state index contributed by atoms with van der Waals surface area (Å²) in [5.41, 5.74) is 13.8. The van der Waals surface area contributed by atoms with Gasteiger partial charge in [-0.05, 0) is 60.3 Å². The lowest BCUT2D eigenvalue weighted by Gasteiger charge is -2.42. The zero-order valence-electron chi connectivity index (χ0n) is 18.8. The number of amides is 2. The number of carbonyl (C=O) groups excluding carboxylic acids is 2. The third-order valence-electron chi connectivity index (χ3n) is 8.29. The predicted molar refractivity (Wildman–Crippen MR) is 115 cm³/mol. The van der Waals surface area contributed by atoms with Crippen LogP contribution in [0.1, 0.15) is 66.2 Å². The van der Waals surface area contributed by atoms with E-state index in [4.69, 9.17) is 11.5 Å². The number of hydrogen-bond donors (Lipinski definition) is 4. The summed E-state index contributed by atoms with van der Waals surface area (Å²) >= 11 is 0. The number of aliphatic hydroxyl groups is 1. The highest BCUT2D eigenvalue weighted by atomic mass is 16.3. The van der Waals surface area contributed by atoms with E-state index >= 15 is 0 Å². The van der Waals surface area contributed by atoms with Crippen molar-refractivity contribution in [2.45, 2.75) is 90.4 Å². The molecule has 2 amide bonds. The number of rotatable bonds is 4. The molecule has 4 aliphatic rings. The van der Waals surface area contributed by atoms with Crippen LogP contribution in [-0.2, 0) is 9.59 Å². The first-order chi connectivity index (χ1) is 14.0. The van der Waals surface area contributed by atoms with Gasteiger partial charge in [-0.25, -0.2) is 0 Å². The van der Waals surface area contributed by atoms with Crippen LogP contribution in [0.3, 0.4) is 0 Å². The van der Waals surface area contributed by atoms with Gasteiger partial charge in [-0.3, -0.25) is 9.59 Å². The maximum atomic E-state index is 13.4. The van der Waals surface area contributed by atoms with Crippen LogP contribution in [0.15, 0.2) is 11.3 Å². The Morgan fingerprint density at radius 3 is 2.57 bits per heavy atom. The van der Waals surface area contributed by atoms with Gasteiger partial charge in [0, 0.05) is 12.2 Å². The normalized spacial score (nSPS) is 38.9. The van der Waals surface area contributed by atoms with Gasteiger partial charge in [0.05, 0.1) is 12.1 Å². The van der Waals surface area contributed by atoms with E-state index in [1.807, 2.05) is 20.8 Å². The zero-order valence-corrected chi connectivity index (χ0v) is 18.8. The molecular formula is C23H38N4O3. The summed E-state index contributed by atoms with van der Waals surface area (Å²) in [5.74, 6) is 0.607. The third-order valence-corrected chi connectivity index (χ3v) is 8.29. The Labute approximate surface area is 179 Å². The Morgan fingerprint density at radius 2 is 2.03 bits per heavy atom. The molecule has 7 heteroatoms. The molecule has 4 unspecified atom stereocenters. The van der Waals surface area contributed by atoms with Gasteiger partial charge in [-0.15, -0.1) is 0 Å². The molecule has 2 saturated carbocycles. The average Bonchev–Trinajstić information content (AvgIpc) is 3.20. The third kappa shape index (κ3) is 3.44. The fraction of sp³-hybridized carbons (Fsp3) is 0.826. The summed E-state index contributed by atoms with van der Waals surface area (Å²) in [7, 11) is 0. The van der Waals surface area contributed by atoms with Gasteiger partial charge in [0.25, 0.3) is 0 Å². The minimum atomic E-state index is -0.846. The maximum Gasteiger partial charge on any atom is 0.243 e.